The van der Waals surface area contributed by atoms with Gasteiger partial charge in [-0.25, -0.2) is 9.59 Å². The Morgan fingerprint density at radius 1 is 1.06 bits per heavy atom. The number of alkyl carbamates (subject to hydrolysis) is 1. The molecule has 1 heterocycles. The Kier molecular flexibility index (Phi) is 9.11. The number of carbonyl (C=O) groups is 3. The normalized spacial score (nSPS) is 19.6. The van der Waals surface area contributed by atoms with E-state index in [1.165, 1.54) is 14.2 Å². The molecule has 0 unspecified atom stereocenters. The molecule has 31 heavy (non-hydrogen) atoms. The van der Waals surface area contributed by atoms with Gasteiger partial charge in [-0.1, -0.05) is 20.8 Å². The van der Waals surface area contributed by atoms with Crippen molar-refractivity contribution in [1.29, 1.82) is 0 Å². The fourth-order valence-electron chi connectivity index (χ4n) is 2.92. The number of rotatable bonds is 8. The lowest BCUT2D eigenvalue weighted by molar-refractivity contribution is -0.153. The van der Waals surface area contributed by atoms with Crippen LogP contribution >= 0.6 is 0 Å². The lowest BCUT2D eigenvalue weighted by Gasteiger charge is -2.45. The summed E-state index contributed by atoms with van der Waals surface area (Å²) in [4.78, 5) is 39.1. The first-order valence-electron chi connectivity index (χ1n) is 10.6. The number of carbonyl (C=O) groups excluding carboxylic acids is 3. The highest BCUT2D eigenvalue weighted by molar-refractivity contribution is 6.74. The van der Waals surface area contributed by atoms with Gasteiger partial charge in [0.1, 0.15) is 11.6 Å². The van der Waals surface area contributed by atoms with Crippen LogP contribution in [0.15, 0.2) is 0 Å². The molecule has 1 rings (SSSR count). The zero-order valence-electron chi connectivity index (χ0n) is 20.7. The molecule has 1 aliphatic rings. The second-order valence-electron chi connectivity index (χ2n) is 10.4. The number of amides is 1. The largest absolute Gasteiger partial charge is 0.468 e. The molecular weight excluding hydrogens is 420 g/mol. The number of hydrogen-bond donors (Lipinski definition) is 1. The number of nitrogens with zero attached hydrogens (tertiary/aromatic N) is 1. The Morgan fingerprint density at radius 2 is 1.65 bits per heavy atom. The van der Waals surface area contributed by atoms with Crippen LogP contribution < -0.4 is 5.32 Å². The summed E-state index contributed by atoms with van der Waals surface area (Å²) in [5.74, 6) is -0.961. The summed E-state index contributed by atoms with van der Waals surface area (Å²) < 4.78 is 21.7. The molecule has 1 saturated heterocycles. The van der Waals surface area contributed by atoms with Crippen LogP contribution in [-0.2, 0) is 28.2 Å². The Bertz CT molecular complexity index is 655. The van der Waals surface area contributed by atoms with E-state index in [-0.39, 0.29) is 17.6 Å². The zero-order chi connectivity index (χ0) is 24.2. The van der Waals surface area contributed by atoms with Crippen LogP contribution in [0.3, 0.4) is 0 Å². The number of likely N-dealkylation sites (tertiary alicyclic amines) is 1. The van der Waals surface area contributed by atoms with E-state index in [9.17, 15) is 14.4 Å². The van der Waals surface area contributed by atoms with Gasteiger partial charge in [0, 0.05) is 13.1 Å². The topological polar surface area (TPSA) is 103 Å². The average Bonchev–Trinajstić information content (AvgIpc) is 2.58. The molecule has 0 aliphatic carbocycles. The molecule has 1 aliphatic heterocycles. The van der Waals surface area contributed by atoms with Crippen molar-refractivity contribution in [3.05, 3.63) is 0 Å². The van der Waals surface area contributed by atoms with Crippen LogP contribution in [-0.4, -0.2) is 82.3 Å². The molecule has 0 spiro atoms. The van der Waals surface area contributed by atoms with E-state index in [1.54, 1.807) is 20.8 Å². The maximum atomic E-state index is 12.7. The molecule has 3 atom stereocenters. The summed E-state index contributed by atoms with van der Waals surface area (Å²) in [7, 11) is 0.268. The van der Waals surface area contributed by atoms with E-state index in [2.05, 4.69) is 39.2 Å². The highest BCUT2D eigenvalue weighted by Crippen LogP contribution is 2.38. The molecule has 0 radical (unpaired) electrons. The minimum Gasteiger partial charge on any atom is -0.468 e. The zero-order valence-corrected chi connectivity index (χ0v) is 21.7. The quantitative estimate of drug-likeness (QED) is 0.335. The number of ether oxygens (including phenoxy) is 3. The van der Waals surface area contributed by atoms with E-state index in [4.69, 9.17) is 18.6 Å². The fraction of sp³-hybridized carbons (Fsp3) is 0.857. The summed E-state index contributed by atoms with van der Waals surface area (Å²) >= 11 is 0. The first kappa shape index (κ1) is 27.4. The third-order valence-electron chi connectivity index (χ3n) is 5.77. The van der Waals surface area contributed by atoms with E-state index < -0.39 is 44.2 Å². The van der Waals surface area contributed by atoms with Crippen molar-refractivity contribution in [2.45, 2.75) is 89.9 Å². The Labute approximate surface area is 187 Å². The van der Waals surface area contributed by atoms with Gasteiger partial charge >= 0.3 is 18.0 Å². The second kappa shape index (κ2) is 10.3. The molecule has 0 aromatic carbocycles. The van der Waals surface area contributed by atoms with Crippen LogP contribution in [0, 0.1) is 0 Å². The van der Waals surface area contributed by atoms with Gasteiger partial charge in [0.25, 0.3) is 0 Å². The maximum absolute atomic E-state index is 12.7. The van der Waals surface area contributed by atoms with Crippen molar-refractivity contribution in [3.8, 4) is 0 Å². The van der Waals surface area contributed by atoms with Crippen molar-refractivity contribution >= 4 is 26.3 Å². The van der Waals surface area contributed by atoms with Crippen molar-refractivity contribution in [1.82, 2.24) is 10.2 Å². The van der Waals surface area contributed by atoms with Gasteiger partial charge in [-0.3, -0.25) is 9.69 Å². The highest BCUT2D eigenvalue weighted by atomic mass is 28.4. The minimum absolute atomic E-state index is 0.130. The van der Waals surface area contributed by atoms with Crippen molar-refractivity contribution < 1.29 is 33.0 Å². The van der Waals surface area contributed by atoms with Crippen LogP contribution in [0.4, 0.5) is 4.79 Å². The summed E-state index contributed by atoms with van der Waals surface area (Å²) in [6, 6.07) is -1.48. The van der Waals surface area contributed by atoms with Crippen LogP contribution in [0.1, 0.15) is 48.0 Å². The fourth-order valence-corrected chi connectivity index (χ4v) is 4.25. The van der Waals surface area contributed by atoms with E-state index in [1.807, 2.05) is 4.90 Å². The Morgan fingerprint density at radius 3 is 2.03 bits per heavy atom. The van der Waals surface area contributed by atoms with Crippen molar-refractivity contribution in [2.75, 3.05) is 27.3 Å². The molecule has 9 nitrogen and oxygen atoms in total. The first-order chi connectivity index (χ1) is 14.0. The molecule has 0 bridgehead atoms. The van der Waals surface area contributed by atoms with E-state index in [0.29, 0.717) is 13.0 Å². The smallest absolute Gasteiger partial charge is 0.408 e. The molecule has 1 amide bonds. The van der Waals surface area contributed by atoms with Gasteiger partial charge in [0.05, 0.1) is 20.3 Å². The molecule has 10 heteroatoms. The summed E-state index contributed by atoms with van der Waals surface area (Å²) in [6.07, 6.45) is -0.796. The number of nitrogens with one attached hydrogen (secondary N) is 1. The molecule has 1 N–H and O–H groups in total. The predicted molar refractivity (Wildman–Crippen MR) is 119 cm³/mol. The monoisotopic (exact) mass is 460 g/mol. The highest BCUT2D eigenvalue weighted by Gasteiger charge is 2.46. The standard InChI is InChI=1S/C21H40N2O7Si/c1-20(2,3)29-19(26)22-16(18(25)28-8)15(30-31(9,10)21(4,5)6)13-23-12-11-14(23)17(24)27-7/h14-16H,11-13H2,1-10H3,(H,22,26)/t14-,15-,16-/m0/s1. The van der Waals surface area contributed by atoms with Crippen LogP contribution in [0.25, 0.3) is 0 Å². The predicted octanol–water partition coefficient (Wildman–Crippen LogP) is 2.69. The van der Waals surface area contributed by atoms with E-state index >= 15 is 0 Å². The summed E-state index contributed by atoms with van der Waals surface area (Å²) in [5.41, 5.74) is -0.728. The molecule has 180 valence electrons. The SMILES string of the molecule is COC(=O)[C@@H](NC(=O)OC(C)(C)C)[C@H](CN1CC[C@H]1C(=O)OC)O[Si](C)(C)C(C)(C)C. The lowest BCUT2D eigenvalue weighted by atomic mass is 10.0. The number of methoxy groups -OCH3 is 2. The van der Waals surface area contributed by atoms with Crippen molar-refractivity contribution in [2.24, 2.45) is 0 Å². The molecule has 0 aromatic rings. The summed E-state index contributed by atoms with van der Waals surface area (Å²) in [6.45, 7) is 16.5. The molecular formula is C21H40N2O7Si. The molecule has 0 saturated carbocycles. The number of esters is 2. The van der Waals surface area contributed by atoms with Gasteiger partial charge < -0.3 is 24.0 Å². The van der Waals surface area contributed by atoms with Gasteiger partial charge in [-0.05, 0) is 45.3 Å². The second-order valence-corrected chi connectivity index (χ2v) is 15.1. The molecule has 1 fully saturated rings. The summed E-state index contributed by atoms with van der Waals surface area (Å²) in [5, 5.41) is 2.50. The lowest BCUT2D eigenvalue weighted by Crippen LogP contribution is -2.62. The Balaban J connectivity index is 3.20. The maximum Gasteiger partial charge on any atom is 0.408 e. The Hall–Kier alpha value is -1.65. The van der Waals surface area contributed by atoms with Gasteiger partial charge in [0.2, 0.25) is 0 Å². The average molecular weight is 461 g/mol. The van der Waals surface area contributed by atoms with Gasteiger partial charge in [-0.15, -0.1) is 0 Å². The third-order valence-corrected chi connectivity index (χ3v) is 10.3. The van der Waals surface area contributed by atoms with Crippen molar-refractivity contribution in [3.63, 3.8) is 0 Å². The van der Waals surface area contributed by atoms with Crippen LogP contribution in [0.2, 0.25) is 18.1 Å². The number of hydrogen-bond acceptors (Lipinski definition) is 8. The minimum atomic E-state index is -2.34. The first-order valence-corrected chi connectivity index (χ1v) is 13.5. The third kappa shape index (κ3) is 7.76. The van der Waals surface area contributed by atoms with Gasteiger partial charge in [0.15, 0.2) is 14.4 Å². The van der Waals surface area contributed by atoms with E-state index in [0.717, 1.165) is 0 Å². The van der Waals surface area contributed by atoms with Gasteiger partial charge in [-0.2, -0.15) is 0 Å². The van der Waals surface area contributed by atoms with Crippen LogP contribution in [0.5, 0.6) is 0 Å². The molecule has 0 aromatic heterocycles.